The van der Waals surface area contributed by atoms with Crippen LogP contribution in [-0.4, -0.2) is 49.3 Å². The van der Waals surface area contributed by atoms with Crippen molar-refractivity contribution in [2.75, 3.05) is 39.3 Å². The van der Waals surface area contributed by atoms with Gasteiger partial charge in [-0.2, -0.15) is 0 Å². The fourth-order valence-electron chi connectivity index (χ4n) is 3.54. The number of nitrogens with zero attached hydrogens (tertiary/aromatic N) is 1. The topological polar surface area (TPSA) is 103 Å². The highest BCUT2D eigenvalue weighted by molar-refractivity contribution is 7.92. The highest BCUT2D eigenvalue weighted by Crippen LogP contribution is 2.38. The third-order valence-electron chi connectivity index (χ3n) is 5.45. The highest BCUT2D eigenvalue weighted by Gasteiger charge is 2.27. The molecule has 0 aliphatic carbocycles. The summed E-state index contributed by atoms with van der Waals surface area (Å²) in [6, 6.07) is 16.4. The Bertz CT molecular complexity index is 1280. The second-order valence-corrected chi connectivity index (χ2v) is 9.70. The molecule has 0 aromatic heterocycles. The SMILES string of the molecule is COc1cccc(N(CC(=O)NCc2cc(OC)c(OC)c(OC)c2)S(=O)(=O)c2ccc(C)cc2)c1. The maximum absolute atomic E-state index is 13.5. The second kappa shape index (κ2) is 11.7. The molecule has 0 aliphatic heterocycles. The monoisotopic (exact) mass is 514 g/mol. The lowest BCUT2D eigenvalue weighted by atomic mass is 10.1. The van der Waals surface area contributed by atoms with Crippen LogP contribution in [0.25, 0.3) is 0 Å². The molecule has 9 nitrogen and oxygen atoms in total. The van der Waals surface area contributed by atoms with Gasteiger partial charge in [-0.25, -0.2) is 8.42 Å². The number of amides is 1. The first-order chi connectivity index (χ1) is 17.2. The molecule has 36 heavy (non-hydrogen) atoms. The molecule has 3 aromatic rings. The van der Waals surface area contributed by atoms with E-state index < -0.39 is 22.5 Å². The molecule has 0 unspecified atom stereocenters. The van der Waals surface area contributed by atoms with Crippen molar-refractivity contribution in [3.05, 3.63) is 71.8 Å². The number of hydrogen-bond acceptors (Lipinski definition) is 7. The van der Waals surface area contributed by atoms with Crippen molar-refractivity contribution >= 4 is 21.6 Å². The maximum Gasteiger partial charge on any atom is 0.264 e. The van der Waals surface area contributed by atoms with E-state index in [-0.39, 0.29) is 11.4 Å². The van der Waals surface area contributed by atoms with Gasteiger partial charge in [-0.1, -0.05) is 23.8 Å². The molecule has 0 bridgehead atoms. The van der Waals surface area contributed by atoms with Crippen molar-refractivity contribution < 1.29 is 32.2 Å². The Balaban J connectivity index is 1.88. The van der Waals surface area contributed by atoms with Crippen LogP contribution in [0.1, 0.15) is 11.1 Å². The van der Waals surface area contributed by atoms with E-state index in [2.05, 4.69) is 5.32 Å². The fourth-order valence-corrected chi connectivity index (χ4v) is 4.96. The molecule has 0 radical (unpaired) electrons. The molecule has 10 heteroatoms. The molecule has 0 atom stereocenters. The molecule has 0 fully saturated rings. The average Bonchev–Trinajstić information content (AvgIpc) is 2.89. The fraction of sp³-hybridized carbons (Fsp3) is 0.269. The maximum atomic E-state index is 13.5. The van der Waals surface area contributed by atoms with Gasteiger partial charge in [-0.15, -0.1) is 0 Å². The van der Waals surface area contributed by atoms with E-state index in [0.29, 0.717) is 34.2 Å². The number of carbonyl (C=O) groups excluding carboxylic acids is 1. The lowest BCUT2D eigenvalue weighted by molar-refractivity contribution is -0.119. The van der Waals surface area contributed by atoms with E-state index in [1.54, 1.807) is 48.5 Å². The largest absolute Gasteiger partial charge is 0.497 e. The number of ether oxygens (including phenoxy) is 4. The van der Waals surface area contributed by atoms with Gasteiger partial charge in [-0.05, 0) is 48.9 Å². The smallest absolute Gasteiger partial charge is 0.264 e. The van der Waals surface area contributed by atoms with Crippen LogP contribution in [0, 0.1) is 6.92 Å². The number of methoxy groups -OCH3 is 4. The predicted octanol–water partition coefficient (Wildman–Crippen LogP) is 3.54. The van der Waals surface area contributed by atoms with Crippen molar-refractivity contribution in [1.29, 1.82) is 0 Å². The van der Waals surface area contributed by atoms with Crippen molar-refractivity contribution in [3.8, 4) is 23.0 Å². The van der Waals surface area contributed by atoms with Crippen molar-refractivity contribution in [3.63, 3.8) is 0 Å². The molecule has 0 saturated heterocycles. The van der Waals surface area contributed by atoms with Gasteiger partial charge in [0.2, 0.25) is 11.7 Å². The summed E-state index contributed by atoms with van der Waals surface area (Å²) < 4.78 is 49.5. The van der Waals surface area contributed by atoms with E-state index in [0.717, 1.165) is 9.87 Å². The zero-order valence-electron chi connectivity index (χ0n) is 20.9. The molecule has 3 aromatic carbocycles. The van der Waals surface area contributed by atoms with Crippen molar-refractivity contribution in [2.45, 2.75) is 18.4 Å². The highest BCUT2D eigenvalue weighted by atomic mass is 32.2. The predicted molar refractivity (Wildman–Crippen MR) is 137 cm³/mol. The minimum Gasteiger partial charge on any atom is -0.497 e. The molecule has 0 heterocycles. The van der Waals surface area contributed by atoms with Gasteiger partial charge >= 0.3 is 0 Å². The summed E-state index contributed by atoms with van der Waals surface area (Å²) in [5.41, 5.74) is 1.91. The van der Waals surface area contributed by atoms with E-state index in [4.69, 9.17) is 18.9 Å². The van der Waals surface area contributed by atoms with Crippen LogP contribution in [-0.2, 0) is 21.4 Å². The molecule has 0 spiro atoms. The van der Waals surface area contributed by atoms with Crippen LogP contribution in [0.4, 0.5) is 5.69 Å². The Morgan fingerprint density at radius 2 is 1.50 bits per heavy atom. The standard InChI is InChI=1S/C26H30N2O7S/c1-18-9-11-22(12-10-18)36(30,31)28(20-7-6-8-21(15-20)32-2)17-25(29)27-16-19-13-23(33-3)26(35-5)24(14-19)34-4/h6-15H,16-17H2,1-5H3,(H,27,29). The molecular weight excluding hydrogens is 484 g/mol. The quantitative estimate of drug-likeness (QED) is 0.417. The normalized spacial score (nSPS) is 10.9. The third-order valence-corrected chi connectivity index (χ3v) is 7.24. The van der Waals surface area contributed by atoms with Crippen molar-refractivity contribution in [1.82, 2.24) is 5.32 Å². The van der Waals surface area contributed by atoms with Crippen LogP contribution in [0.5, 0.6) is 23.0 Å². The van der Waals surface area contributed by atoms with Crippen LogP contribution >= 0.6 is 0 Å². The number of anilines is 1. The van der Waals surface area contributed by atoms with E-state index in [1.165, 1.54) is 40.6 Å². The Hall–Kier alpha value is -3.92. The molecule has 3 rings (SSSR count). The summed E-state index contributed by atoms with van der Waals surface area (Å²) in [4.78, 5) is 13.1. The Morgan fingerprint density at radius 1 is 0.861 bits per heavy atom. The molecule has 1 N–H and O–H groups in total. The van der Waals surface area contributed by atoms with Gasteiger partial charge in [0.25, 0.3) is 10.0 Å². The van der Waals surface area contributed by atoms with Crippen LogP contribution in [0.3, 0.4) is 0 Å². The zero-order valence-corrected chi connectivity index (χ0v) is 21.7. The van der Waals surface area contributed by atoms with Gasteiger partial charge < -0.3 is 24.3 Å². The summed E-state index contributed by atoms with van der Waals surface area (Å²) in [5, 5.41) is 2.77. The Kier molecular flexibility index (Phi) is 8.65. The number of aryl methyl sites for hydroxylation is 1. The molecular formula is C26H30N2O7S. The van der Waals surface area contributed by atoms with Crippen LogP contribution in [0.15, 0.2) is 65.6 Å². The summed E-state index contributed by atoms with van der Waals surface area (Å²) >= 11 is 0. The summed E-state index contributed by atoms with van der Waals surface area (Å²) in [5.74, 6) is 1.29. The van der Waals surface area contributed by atoms with Crippen molar-refractivity contribution in [2.24, 2.45) is 0 Å². The number of rotatable bonds is 11. The third kappa shape index (κ3) is 6.01. The number of carbonyl (C=O) groups is 1. The Labute approximate surface area is 211 Å². The molecule has 1 amide bonds. The molecule has 0 aliphatic rings. The van der Waals surface area contributed by atoms with Gasteiger partial charge in [-0.3, -0.25) is 9.10 Å². The van der Waals surface area contributed by atoms with E-state index >= 15 is 0 Å². The summed E-state index contributed by atoms with van der Waals surface area (Å²) in [7, 11) is 1.95. The van der Waals surface area contributed by atoms with Gasteiger partial charge in [0.1, 0.15) is 12.3 Å². The number of hydrogen-bond donors (Lipinski definition) is 1. The van der Waals surface area contributed by atoms with Gasteiger partial charge in [0, 0.05) is 12.6 Å². The second-order valence-electron chi connectivity index (χ2n) is 7.84. The zero-order chi connectivity index (χ0) is 26.3. The summed E-state index contributed by atoms with van der Waals surface area (Å²) in [6.07, 6.45) is 0. The van der Waals surface area contributed by atoms with E-state index in [1.807, 2.05) is 6.92 Å². The van der Waals surface area contributed by atoms with Gasteiger partial charge in [0.05, 0.1) is 39.0 Å². The average molecular weight is 515 g/mol. The lowest BCUT2D eigenvalue weighted by Gasteiger charge is -2.24. The number of benzene rings is 3. The van der Waals surface area contributed by atoms with Crippen LogP contribution in [0.2, 0.25) is 0 Å². The summed E-state index contributed by atoms with van der Waals surface area (Å²) in [6.45, 7) is 1.55. The first-order valence-electron chi connectivity index (χ1n) is 11.0. The lowest BCUT2D eigenvalue weighted by Crippen LogP contribution is -2.40. The molecule has 0 saturated carbocycles. The number of nitrogens with one attached hydrogen (secondary N) is 1. The first kappa shape index (κ1) is 26.7. The Morgan fingerprint density at radius 3 is 2.06 bits per heavy atom. The minimum absolute atomic E-state index is 0.0772. The minimum atomic E-state index is -4.04. The van der Waals surface area contributed by atoms with Crippen LogP contribution < -0.4 is 28.6 Å². The number of sulfonamides is 1. The van der Waals surface area contributed by atoms with E-state index in [9.17, 15) is 13.2 Å². The van der Waals surface area contributed by atoms with Gasteiger partial charge in [0.15, 0.2) is 11.5 Å². The first-order valence-corrected chi connectivity index (χ1v) is 12.5. The molecule has 192 valence electrons.